The molecule has 2 aromatic rings. The minimum Gasteiger partial charge on any atom is -0.468 e. The zero-order chi connectivity index (χ0) is 20.4. The Bertz CT molecular complexity index is 949. The summed E-state index contributed by atoms with van der Waals surface area (Å²) < 4.78 is 69.0. The Kier molecular flexibility index (Phi) is 5.80. The molecule has 0 saturated heterocycles. The third kappa shape index (κ3) is 5.14. The standard InChI is InChI=1S/C18H20F3N3O3S/c1-24-8-2-3-14-4-5-15(10-16(14)24)28(25,26)23-11-13-6-7-22-17(9-13)27-12-18(19,20)21/h4-7,9-10,23H,2-3,8,11-12H2,1H3. The molecule has 0 aliphatic carbocycles. The summed E-state index contributed by atoms with van der Waals surface area (Å²) in [4.78, 5) is 5.86. The van der Waals surface area contributed by atoms with Crippen LogP contribution in [-0.4, -0.2) is 39.8 Å². The maximum Gasteiger partial charge on any atom is 0.422 e. The van der Waals surface area contributed by atoms with Gasteiger partial charge >= 0.3 is 6.18 Å². The number of hydrogen-bond acceptors (Lipinski definition) is 5. The van der Waals surface area contributed by atoms with Crippen molar-refractivity contribution in [3.8, 4) is 5.88 Å². The van der Waals surface area contributed by atoms with Gasteiger partial charge in [0.15, 0.2) is 6.61 Å². The van der Waals surface area contributed by atoms with Crippen LogP contribution in [0.25, 0.3) is 0 Å². The molecule has 0 saturated carbocycles. The lowest BCUT2D eigenvalue weighted by molar-refractivity contribution is -0.154. The molecule has 1 aromatic carbocycles. The number of sulfonamides is 1. The number of benzene rings is 1. The van der Waals surface area contributed by atoms with Gasteiger partial charge in [0.1, 0.15) is 0 Å². The van der Waals surface area contributed by atoms with Crippen molar-refractivity contribution in [1.82, 2.24) is 9.71 Å². The Morgan fingerprint density at radius 1 is 1.25 bits per heavy atom. The maximum absolute atomic E-state index is 12.6. The first-order valence-corrected chi connectivity index (χ1v) is 10.1. The molecule has 152 valence electrons. The molecule has 1 aliphatic rings. The second-order valence-electron chi connectivity index (χ2n) is 6.55. The highest BCUT2D eigenvalue weighted by Crippen LogP contribution is 2.28. The van der Waals surface area contributed by atoms with Crippen molar-refractivity contribution < 1.29 is 26.3 Å². The van der Waals surface area contributed by atoms with Gasteiger partial charge in [-0.05, 0) is 42.2 Å². The van der Waals surface area contributed by atoms with E-state index in [1.54, 1.807) is 12.1 Å². The van der Waals surface area contributed by atoms with Crippen molar-refractivity contribution in [3.63, 3.8) is 0 Å². The minimum absolute atomic E-state index is 0.0971. The number of aryl methyl sites for hydroxylation is 1. The molecule has 2 heterocycles. The average molecular weight is 415 g/mol. The van der Waals surface area contributed by atoms with Crippen molar-refractivity contribution >= 4 is 15.7 Å². The van der Waals surface area contributed by atoms with E-state index in [-0.39, 0.29) is 17.3 Å². The van der Waals surface area contributed by atoms with Crippen LogP contribution in [-0.2, 0) is 23.0 Å². The van der Waals surface area contributed by atoms with E-state index in [1.807, 2.05) is 18.0 Å². The summed E-state index contributed by atoms with van der Waals surface area (Å²) in [5, 5.41) is 0. The molecule has 6 nitrogen and oxygen atoms in total. The predicted molar refractivity (Wildman–Crippen MR) is 97.8 cm³/mol. The monoisotopic (exact) mass is 415 g/mol. The van der Waals surface area contributed by atoms with Gasteiger partial charge in [0, 0.05) is 38.1 Å². The highest BCUT2D eigenvalue weighted by Gasteiger charge is 2.28. The Morgan fingerprint density at radius 3 is 2.79 bits per heavy atom. The van der Waals surface area contributed by atoms with Crippen LogP contribution in [0.4, 0.5) is 18.9 Å². The Balaban J connectivity index is 1.69. The van der Waals surface area contributed by atoms with E-state index in [0.29, 0.717) is 5.56 Å². The minimum atomic E-state index is -4.47. The summed E-state index contributed by atoms with van der Waals surface area (Å²) in [5.74, 6) is -0.218. The van der Waals surface area contributed by atoms with Gasteiger partial charge < -0.3 is 9.64 Å². The van der Waals surface area contributed by atoms with Crippen molar-refractivity contribution in [2.24, 2.45) is 0 Å². The predicted octanol–water partition coefficient (Wildman–Crippen LogP) is 2.88. The second kappa shape index (κ2) is 7.96. The van der Waals surface area contributed by atoms with E-state index >= 15 is 0 Å². The van der Waals surface area contributed by atoms with Crippen LogP contribution >= 0.6 is 0 Å². The van der Waals surface area contributed by atoms with Crippen LogP contribution in [0.15, 0.2) is 41.4 Å². The summed E-state index contributed by atoms with van der Waals surface area (Å²) in [5.41, 5.74) is 2.43. The van der Waals surface area contributed by atoms with E-state index in [4.69, 9.17) is 0 Å². The molecule has 10 heteroatoms. The molecule has 0 atom stereocenters. The lowest BCUT2D eigenvalue weighted by atomic mass is 10.0. The molecule has 28 heavy (non-hydrogen) atoms. The van der Waals surface area contributed by atoms with Crippen LogP contribution in [0, 0.1) is 0 Å². The number of nitrogens with one attached hydrogen (secondary N) is 1. The number of hydrogen-bond donors (Lipinski definition) is 1. The Labute approximate surface area is 161 Å². The molecule has 0 spiro atoms. The van der Waals surface area contributed by atoms with E-state index in [1.165, 1.54) is 18.3 Å². The highest BCUT2D eigenvalue weighted by atomic mass is 32.2. The topological polar surface area (TPSA) is 71.5 Å². The van der Waals surface area contributed by atoms with E-state index in [0.717, 1.165) is 30.6 Å². The molecule has 1 aliphatic heterocycles. The summed E-state index contributed by atoms with van der Waals surface area (Å²) in [6.45, 7) is -0.695. The number of rotatable bonds is 6. The van der Waals surface area contributed by atoms with Gasteiger partial charge in [-0.3, -0.25) is 0 Å². The zero-order valence-corrected chi connectivity index (χ0v) is 16.0. The van der Waals surface area contributed by atoms with Crippen LogP contribution in [0.3, 0.4) is 0 Å². The SMILES string of the molecule is CN1CCCc2ccc(S(=O)(=O)NCc3ccnc(OCC(F)(F)F)c3)cc21. The number of fused-ring (bicyclic) bond motifs is 1. The average Bonchev–Trinajstić information content (AvgIpc) is 2.65. The molecular weight excluding hydrogens is 395 g/mol. The number of anilines is 1. The Morgan fingerprint density at radius 2 is 2.04 bits per heavy atom. The van der Waals surface area contributed by atoms with Gasteiger partial charge in [0.25, 0.3) is 0 Å². The Hall–Kier alpha value is -2.33. The van der Waals surface area contributed by atoms with Gasteiger partial charge in [0.2, 0.25) is 15.9 Å². The first-order chi connectivity index (χ1) is 13.1. The number of pyridine rings is 1. The van der Waals surface area contributed by atoms with Gasteiger partial charge in [-0.15, -0.1) is 0 Å². The first kappa shape index (κ1) is 20.4. The van der Waals surface area contributed by atoms with Crippen molar-refractivity contribution in [2.45, 2.75) is 30.5 Å². The molecule has 0 unspecified atom stereocenters. The molecule has 0 fully saturated rings. The number of ether oxygens (including phenoxy) is 1. The fourth-order valence-corrected chi connectivity index (χ4v) is 4.00. The van der Waals surface area contributed by atoms with Gasteiger partial charge in [-0.2, -0.15) is 13.2 Å². The lowest BCUT2D eigenvalue weighted by Gasteiger charge is -2.27. The molecule has 3 rings (SSSR count). The first-order valence-electron chi connectivity index (χ1n) is 8.62. The normalized spacial score (nSPS) is 14.6. The smallest absolute Gasteiger partial charge is 0.422 e. The van der Waals surface area contributed by atoms with E-state index in [2.05, 4.69) is 14.4 Å². The maximum atomic E-state index is 12.6. The number of nitrogens with zero attached hydrogens (tertiary/aromatic N) is 2. The third-order valence-corrected chi connectivity index (χ3v) is 5.77. The summed E-state index contributed by atoms with van der Waals surface area (Å²) in [7, 11) is -1.86. The van der Waals surface area contributed by atoms with Crippen molar-refractivity contribution in [3.05, 3.63) is 47.7 Å². The van der Waals surface area contributed by atoms with E-state index < -0.39 is 22.8 Å². The van der Waals surface area contributed by atoms with Crippen LogP contribution in [0.2, 0.25) is 0 Å². The zero-order valence-electron chi connectivity index (χ0n) is 15.2. The quantitative estimate of drug-likeness (QED) is 0.786. The van der Waals surface area contributed by atoms with Crippen molar-refractivity contribution in [2.75, 3.05) is 25.1 Å². The summed E-state index contributed by atoms with van der Waals surface area (Å²) in [6.07, 6.45) is -1.28. The van der Waals surface area contributed by atoms with Gasteiger partial charge in [-0.25, -0.2) is 18.1 Å². The number of halogens is 3. The van der Waals surface area contributed by atoms with Crippen LogP contribution in [0.1, 0.15) is 17.5 Å². The van der Waals surface area contributed by atoms with Crippen LogP contribution < -0.4 is 14.4 Å². The number of aromatic nitrogens is 1. The van der Waals surface area contributed by atoms with Gasteiger partial charge in [0.05, 0.1) is 4.90 Å². The summed E-state index contributed by atoms with van der Waals surface area (Å²) >= 11 is 0. The van der Waals surface area contributed by atoms with Crippen molar-refractivity contribution in [1.29, 1.82) is 0 Å². The second-order valence-corrected chi connectivity index (χ2v) is 8.31. The summed E-state index contributed by atoms with van der Waals surface area (Å²) in [6, 6.07) is 7.79. The molecule has 1 aromatic heterocycles. The van der Waals surface area contributed by atoms with E-state index in [9.17, 15) is 21.6 Å². The van der Waals surface area contributed by atoms with Crippen LogP contribution in [0.5, 0.6) is 5.88 Å². The highest BCUT2D eigenvalue weighted by molar-refractivity contribution is 7.89. The molecule has 0 amide bonds. The lowest BCUT2D eigenvalue weighted by Crippen LogP contribution is -2.27. The third-order valence-electron chi connectivity index (χ3n) is 4.37. The fraction of sp³-hybridized carbons (Fsp3) is 0.389. The molecule has 0 bridgehead atoms. The van der Waals surface area contributed by atoms with Gasteiger partial charge in [-0.1, -0.05) is 6.07 Å². The number of alkyl halides is 3. The molecule has 1 N–H and O–H groups in total. The molecule has 0 radical (unpaired) electrons. The largest absolute Gasteiger partial charge is 0.468 e. The fourth-order valence-electron chi connectivity index (χ4n) is 2.96. The molecular formula is C18H20F3N3O3S.